The number of carbonyl (C=O) groups is 4. The van der Waals surface area contributed by atoms with E-state index in [9.17, 15) is 24.3 Å². The van der Waals surface area contributed by atoms with Gasteiger partial charge in [0.25, 0.3) is 0 Å². The van der Waals surface area contributed by atoms with Gasteiger partial charge in [-0.2, -0.15) is 0 Å². The van der Waals surface area contributed by atoms with Crippen LogP contribution >= 0.6 is 15.9 Å². The fourth-order valence-electron chi connectivity index (χ4n) is 6.63. The van der Waals surface area contributed by atoms with Gasteiger partial charge in [0.2, 0.25) is 17.7 Å². The fraction of sp³-hybridized carbons (Fsp3) is 0.724. The van der Waals surface area contributed by atoms with Crippen molar-refractivity contribution in [1.29, 1.82) is 0 Å². The van der Waals surface area contributed by atoms with Gasteiger partial charge in [0.05, 0.1) is 44.3 Å². The zero-order valence-corrected chi connectivity index (χ0v) is 25.8. The highest BCUT2D eigenvalue weighted by Crippen LogP contribution is 2.60. The first-order valence-electron chi connectivity index (χ1n) is 14.7. The molecule has 4 heterocycles. The van der Waals surface area contributed by atoms with Crippen LogP contribution in [0.5, 0.6) is 0 Å². The molecule has 0 saturated carbocycles. The van der Waals surface area contributed by atoms with Crippen LogP contribution in [0.1, 0.15) is 26.2 Å². The van der Waals surface area contributed by atoms with E-state index in [2.05, 4.69) is 39.3 Å². The van der Waals surface area contributed by atoms with E-state index in [0.29, 0.717) is 45.6 Å². The summed E-state index contributed by atoms with van der Waals surface area (Å²) in [5, 5.41) is 12.6. The van der Waals surface area contributed by atoms with Gasteiger partial charge in [-0.1, -0.05) is 28.1 Å². The van der Waals surface area contributed by atoms with Crippen LogP contribution in [0, 0.1) is 11.8 Å². The highest BCUT2D eigenvalue weighted by Gasteiger charge is 2.77. The maximum atomic E-state index is 14.3. The molecular weight excluding hydrogens is 612 g/mol. The number of nitrogens with one attached hydrogen (secondary N) is 1. The standard InChI is InChI=1S/C29H43BrN4O8/c1-4-6-7-21(36)31-18-19(3)41-28(39)22-23-26(37)34(11-14-35)25(29(23)17-20(30)24(22)42-29)27(38)33(8-5-2)10-9-32-12-15-40-16-13-32/h4-5,19-20,22-25,35H,1-2,6-18H2,3H3,(H,31,36)/t19-,20?,22+,23-,24+,25+,29-/m1/s1. The predicted molar refractivity (Wildman–Crippen MR) is 157 cm³/mol. The lowest BCUT2D eigenvalue weighted by molar-refractivity contribution is -0.159. The molecule has 42 heavy (non-hydrogen) atoms. The van der Waals surface area contributed by atoms with Crippen LogP contribution in [0.3, 0.4) is 0 Å². The lowest BCUT2D eigenvalue weighted by Crippen LogP contribution is -2.58. The third kappa shape index (κ3) is 6.59. The number of amides is 3. The molecule has 2 bridgehead atoms. The van der Waals surface area contributed by atoms with Crippen LogP contribution in [0.4, 0.5) is 0 Å². The number of fused-ring (bicyclic) bond motifs is 1. The van der Waals surface area contributed by atoms with Crippen LogP contribution in [0.15, 0.2) is 25.3 Å². The van der Waals surface area contributed by atoms with Crippen molar-refractivity contribution in [3.63, 3.8) is 0 Å². The lowest BCUT2D eigenvalue weighted by Gasteiger charge is -2.37. The average Bonchev–Trinajstić information content (AvgIpc) is 3.56. The van der Waals surface area contributed by atoms with Crippen molar-refractivity contribution in [3.05, 3.63) is 25.3 Å². The Hall–Kier alpha value is -2.32. The van der Waals surface area contributed by atoms with E-state index < -0.39 is 47.6 Å². The summed E-state index contributed by atoms with van der Waals surface area (Å²) in [6, 6.07) is -1.00. The second kappa shape index (κ2) is 14.4. The Morgan fingerprint density at radius 2 is 2.00 bits per heavy atom. The van der Waals surface area contributed by atoms with Crippen molar-refractivity contribution < 1.29 is 38.5 Å². The number of aliphatic hydroxyl groups excluding tert-OH is 1. The summed E-state index contributed by atoms with van der Waals surface area (Å²) in [4.78, 5) is 58.7. The Bertz CT molecular complexity index is 1040. The SMILES string of the molecule is C=CCCC(=O)NC[C@@H](C)OC(=O)[C@@H]1[C@H]2O[C@@]3(CC2Br)[C@H](C(=O)N(CC=C)CCN2CCOCC2)N(CCO)C(=O)[C@@H]13. The zero-order valence-electron chi connectivity index (χ0n) is 24.2. The molecule has 1 unspecified atom stereocenters. The largest absolute Gasteiger partial charge is 0.460 e. The van der Waals surface area contributed by atoms with Gasteiger partial charge in [0.1, 0.15) is 17.7 Å². The summed E-state index contributed by atoms with van der Waals surface area (Å²) < 4.78 is 17.6. The molecule has 2 N–H and O–H groups in total. The van der Waals surface area contributed by atoms with Gasteiger partial charge in [0, 0.05) is 50.5 Å². The van der Waals surface area contributed by atoms with Crippen molar-refractivity contribution in [2.24, 2.45) is 11.8 Å². The molecule has 0 aromatic rings. The topological polar surface area (TPSA) is 138 Å². The van der Waals surface area contributed by atoms with E-state index in [-0.39, 0.29) is 42.9 Å². The number of β-amino-alcohol motifs (C(OH)–C–C–N with tert-alkyl or cyclic N) is 1. The number of halogens is 1. The molecule has 234 valence electrons. The highest BCUT2D eigenvalue weighted by atomic mass is 79.9. The third-order valence-corrected chi connectivity index (χ3v) is 9.41. The zero-order chi connectivity index (χ0) is 30.4. The molecule has 4 fully saturated rings. The molecule has 0 radical (unpaired) electrons. The van der Waals surface area contributed by atoms with Crippen molar-refractivity contribution >= 4 is 39.6 Å². The number of carbonyl (C=O) groups excluding carboxylic acids is 4. The van der Waals surface area contributed by atoms with Crippen molar-refractivity contribution in [1.82, 2.24) is 20.0 Å². The summed E-state index contributed by atoms with van der Waals surface area (Å²) >= 11 is 3.64. The molecule has 0 aliphatic carbocycles. The number of allylic oxidation sites excluding steroid dienone is 1. The monoisotopic (exact) mass is 654 g/mol. The maximum Gasteiger partial charge on any atom is 0.312 e. The Kier molecular flexibility index (Phi) is 11.2. The van der Waals surface area contributed by atoms with Gasteiger partial charge >= 0.3 is 5.97 Å². The number of hydrogen-bond donors (Lipinski definition) is 2. The van der Waals surface area contributed by atoms with Gasteiger partial charge in [-0.15, -0.1) is 13.2 Å². The molecular formula is C29H43BrN4O8. The van der Waals surface area contributed by atoms with Gasteiger partial charge in [-0.25, -0.2) is 0 Å². The van der Waals surface area contributed by atoms with E-state index in [1.165, 1.54) is 4.90 Å². The molecule has 0 aromatic carbocycles. The summed E-state index contributed by atoms with van der Waals surface area (Å²) in [6.07, 6.45) is 3.20. The number of aliphatic hydroxyl groups is 1. The van der Waals surface area contributed by atoms with E-state index in [4.69, 9.17) is 14.2 Å². The van der Waals surface area contributed by atoms with Crippen LogP contribution in [0.2, 0.25) is 0 Å². The smallest absolute Gasteiger partial charge is 0.312 e. The van der Waals surface area contributed by atoms with E-state index in [1.54, 1.807) is 24.0 Å². The van der Waals surface area contributed by atoms with Crippen LogP contribution in [0.25, 0.3) is 0 Å². The van der Waals surface area contributed by atoms with Crippen molar-refractivity contribution in [2.75, 3.05) is 65.6 Å². The molecule has 3 amide bonds. The molecule has 1 spiro atoms. The summed E-state index contributed by atoms with van der Waals surface area (Å²) in [5.41, 5.74) is -1.24. The normalized spacial score (nSPS) is 31.0. The summed E-state index contributed by atoms with van der Waals surface area (Å²) in [7, 11) is 0. The molecule has 4 aliphatic rings. The van der Waals surface area contributed by atoms with E-state index >= 15 is 0 Å². The first kappa shape index (κ1) is 32.6. The quantitative estimate of drug-likeness (QED) is 0.143. The highest BCUT2D eigenvalue weighted by molar-refractivity contribution is 9.09. The van der Waals surface area contributed by atoms with Crippen molar-refractivity contribution in [3.8, 4) is 0 Å². The Morgan fingerprint density at radius 3 is 2.67 bits per heavy atom. The number of esters is 1. The van der Waals surface area contributed by atoms with Crippen LogP contribution < -0.4 is 5.32 Å². The minimum atomic E-state index is -1.24. The number of hydrogen-bond acceptors (Lipinski definition) is 9. The molecule has 12 nitrogen and oxygen atoms in total. The minimum Gasteiger partial charge on any atom is -0.460 e. The molecule has 4 saturated heterocycles. The molecule has 13 heteroatoms. The number of ether oxygens (including phenoxy) is 3. The number of alkyl halides is 1. The van der Waals surface area contributed by atoms with Gasteiger partial charge in [-0.05, 0) is 19.8 Å². The van der Waals surface area contributed by atoms with Crippen LogP contribution in [-0.2, 0) is 33.4 Å². The number of rotatable bonds is 15. The molecule has 4 rings (SSSR count). The second-order valence-electron chi connectivity index (χ2n) is 11.3. The van der Waals surface area contributed by atoms with Gasteiger partial charge in [-0.3, -0.25) is 24.1 Å². The van der Waals surface area contributed by atoms with Crippen LogP contribution in [-0.4, -0.2) is 138 Å². The van der Waals surface area contributed by atoms with E-state index in [1.807, 2.05) is 0 Å². The van der Waals surface area contributed by atoms with Crippen molar-refractivity contribution in [2.45, 2.75) is 54.9 Å². The van der Waals surface area contributed by atoms with E-state index in [0.717, 1.165) is 13.1 Å². The molecule has 4 aliphatic heterocycles. The maximum absolute atomic E-state index is 14.3. The Labute approximate surface area is 255 Å². The number of morpholine rings is 1. The Morgan fingerprint density at radius 1 is 1.26 bits per heavy atom. The lowest BCUT2D eigenvalue weighted by atomic mass is 9.70. The summed E-state index contributed by atoms with van der Waals surface area (Å²) in [6.45, 7) is 13.0. The molecule has 0 aromatic heterocycles. The first-order valence-corrected chi connectivity index (χ1v) is 15.6. The summed E-state index contributed by atoms with van der Waals surface area (Å²) in [5.74, 6) is -3.34. The number of likely N-dealkylation sites (tertiary alicyclic amines) is 1. The fourth-order valence-corrected chi connectivity index (χ4v) is 7.57. The van der Waals surface area contributed by atoms with Gasteiger partial charge < -0.3 is 34.4 Å². The predicted octanol–water partition coefficient (Wildman–Crippen LogP) is 0.0876. The molecule has 7 atom stereocenters. The average molecular weight is 656 g/mol. The second-order valence-corrected chi connectivity index (χ2v) is 12.5. The minimum absolute atomic E-state index is 0.0607. The van der Waals surface area contributed by atoms with Gasteiger partial charge in [0.15, 0.2) is 0 Å². The Balaban J connectivity index is 1.52. The first-order chi connectivity index (χ1) is 20.2. The third-order valence-electron chi connectivity index (χ3n) is 8.57. The number of nitrogens with zero attached hydrogens (tertiary/aromatic N) is 3.